The fourth-order valence-corrected chi connectivity index (χ4v) is 11.1. The SMILES string of the molecule is COc1cc([C@@H]2c3sc(=O)[nH]c3S[C@@H]3[C@@H]4C[C@@H]([C@@H]5C(=O)N(c6ccc([N+](=O)[O-])cc6)C(=O)[C@@H]45)[C@@H]23)ccc1OCc1ccc(Cl)cc1. The lowest BCUT2D eigenvalue weighted by Crippen LogP contribution is -2.42. The fraction of sp³-hybridized carbons (Fsp3) is 0.303. The topological polar surface area (TPSA) is 132 Å². The molecule has 3 aromatic carbocycles. The molecule has 46 heavy (non-hydrogen) atoms. The van der Waals surface area contributed by atoms with Crippen molar-refractivity contribution in [3.8, 4) is 11.5 Å². The predicted octanol–water partition coefficient (Wildman–Crippen LogP) is 6.26. The molecule has 10 nitrogen and oxygen atoms in total. The highest BCUT2D eigenvalue weighted by atomic mass is 35.5. The van der Waals surface area contributed by atoms with E-state index < -0.39 is 16.8 Å². The van der Waals surface area contributed by atoms with Crippen molar-refractivity contribution in [2.45, 2.75) is 29.2 Å². The molecule has 2 aliphatic carbocycles. The number of nitrogens with zero attached hydrogens (tertiary/aromatic N) is 2. The maximum absolute atomic E-state index is 14.0. The number of anilines is 1. The summed E-state index contributed by atoms with van der Waals surface area (Å²) in [7, 11) is 1.59. The highest BCUT2D eigenvalue weighted by molar-refractivity contribution is 8.00. The second-order valence-electron chi connectivity index (χ2n) is 12.1. The largest absolute Gasteiger partial charge is 0.493 e. The lowest BCUT2D eigenvalue weighted by Gasteiger charge is -2.43. The maximum atomic E-state index is 14.0. The van der Waals surface area contributed by atoms with Crippen molar-refractivity contribution in [1.29, 1.82) is 0 Å². The van der Waals surface area contributed by atoms with Crippen molar-refractivity contribution in [3.63, 3.8) is 0 Å². The molecule has 0 radical (unpaired) electrons. The normalized spacial score (nSPS) is 27.3. The van der Waals surface area contributed by atoms with E-state index in [1.54, 1.807) is 18.9 Å². The second kappa shape index (κ2) is 11.0. The van der Waals surface area contributed by atoms with Crippen LogP contribution >= 0.6 is 34.7 Å². The number of ether oxygens (including phenoxy) is 2. The second-order valence-corrected chi connectivity index (χ2v) is 14.7. The number of benzene rings is 3. The number of imide groups is 1. The molecule has 2 aliphatic heterocycles. The van der Waals surface area contributed by atoms with Crippen molar-refractivity contribution in [3.05, 3.63) is 108 Å². The molecule has 4 aliphatic rings. The van der Waals surface area contributed by atoms with Gasteiger partial charge in [-0.2, -0.15) is 0 Å². The van der Waals surface area contributed by atoms with Crippen molar-refractivity contribution in [2.75, 3.05) is 12.0 Å². The average molecular weight is 676 g/mol. The smallest absolute Gasteiger partial charge is 0.305 e. The molecule has 2 saturated carbocycles. The van der Waals surface area contributed by atoms with Gasteiger partial charge in [0.2, 0.25) is 11.8 Å². The molecule has 2 bridgehead atoms. The highest BCUT2D eigenvalue weighted by Crippen LogP contribution is 2.68. The molecular weight excluding hydrogens is 650 g/mol. The lowest BCUT2D eigenvalue weighted by molar-refractivity contribution is -0.384. The van der Waals surface area contributed by atoms with Gasteiger partial charge < -0.3 is 14.5 Å². The Balaban J connectivity index is 1.13. The Morgan fingerprint density at radius 2 is 1.70 bits per heavy atom. The fourth-order valence-electron chi connectivity index (χ4n) is 8.11. The number of aromatic nitrogens is 1. The van der Waals surface area contributed by atoms with Crippen LogP contribution in [0, 0.1) is 39.7 Å². The highest BCUT2D eigenvalue weighted by Gasteiger charge is 2.69. The van der Waals surface area contributed by atoms with E-state index in [1.807, 2.05) is 42.5 Å². The minimum absolute atomic E-state index is 0.00861. The summed E-state index contributed by atoms with van der Waals surface area (Å²) in [6.07, 6.45) is 0.748. The van der Waals surface area contributed by atoms with Crippen LogP contribution in [0.1, 0.15) is 28.3 Å². The first-order chi connectivity index (χ1) is 22.2. The molecular formula is C33H26ClN3O7S2. The third-order valence-electron chi connectivity index (χ3n) is 9.90. The van der Waals surface area contributed by atoms with Gasteiger partial charge in [-0.05, 0) is 71.7 Å². The van der Waals surface area contributed by atoms with Gasteiger partial charge in [0.25, 0.3) is 5.69 Å². The van der Waals surface area contributed by atoms with Gasteiger partial charge in [-0.25, -0.2) is 0 Å². The zero-order chi connectivity index (χ0) is 31.9. The van der Waals surface area contributed by atoms with E-state index in [2.05, 4.69) is 4.98 Å². The van der Waals surface area contributed by atoms with Crippen molar-refractivity contribution in [2.24, 2.45) is 29.6 Å². The van der Waals surface area contributed by atoms with Crippen LogP contribution in [0.15, 0.2) is 76.6 Å². The number of carbonyl (C=O) groups is 2. The minimum atomic E-state index is -0.509. The van der Waals surface area contributed by atoms with Crippen molar-refractivity contribution < 1.29 is 24.0 Å². The summed E-state index contributed by atoms with van der Waals surface area (Å²) < 4.78 is 11.9. The monoisotopic (exact) mass is 675 g/mol. The molecule has 3 fully saturated rings. The quantitative estimate of drug-likeness (QED) is 0.138. The zero-order valence-electron chi connectivity index (χ0n) is 24.3. The first-order valence-electron chi connectivity index (χ1n) is 14.8. The number of carbonyl (C=O) groups excluding carboxylic acids is 2. The third kappa shape index (κ3) is 4.49. The maximum Gasteiger partial charge on any atom is 0.305 e. The van der Waals surface area contributed by atoms with Crippen LogP contribution in [0.25, 0.3) is 0 Å². The number of halogens is 1. The molecule has 1 aromatic heterocycles. The van der Waals surface area contributed by atoms with E-state index >= 15 is 0 Å². The number of nitro groups is 1. The van der Waals surface area contributed by atoms with Crippen molar-refractivity contribution >= 4 is 57.9 Å². The number of hydrogen-bond acceptors (Lipinski definition) is 9. The first-order valence-corrected chi connectivity index (χ1v) is 16.9. The van der Waals surface area contributed by atoms with Gasteiger partial charge in [-0.1, -0.05) is 41.1 Å². The van der Waals surface area contributed by atoms with Crippen LogP contribution in [0.3, 0.4) is 0 Å². The standard InChI is InChI=1S/C33H26ClN3O7S2/c1-43-23-12-16(4-11-22(23)44-14-15-2-5-17(34)6-3-15)24-25-20-13-21(28(25)45-30-29(24)46-33(40)35-30)27-26(20)31(38)36(32(27)39)18-7-9-19(10-8-18)37(41)42/h2-12,20-21,24-28H,13-14H2,1H3,(H,35,40)/t20-,21-,24+,25+,26+,27+,28-/m1/s1. The van der Waals surface area contributed by atoms with Gasteiger partial charge in [0, 0.05) is 33.2 Å². The number of rotatable bonds is 7. The number of methoxy groups -OCH3 is 1. The number of non-ortho nitro benzene ring substituents is 1. The summed E-state index contributed by atoms with van der Waals surface area (Å²) in [4.78, 5) is 56.2. The Bertz CT molecular complexity index is 1960. The van der Waals surface area contributed by atoms with E-state index in [9.17, 15) is 24.5 Å². The van der Waals surface area contributed by atoms with Crippen LogP contribution in [0.5, 0.6) is 11.5 Å². The third-order valence-corrected chi connectivity index (χ3v) is 12.7. The summed E-state index contributed by atoms with van der Waals surface area (Å²) in [5, 5.41) is 12.7. The van der Waals surface area contributed by atoms with E-state index in [1.165, 1.54) is 40.5 Å². The molecule has 0 unspecified atom stereocenters. The van der Waals surface area contributed by atoms with Crippen LogP contribution < -0.4 is 19.2 Å². The number of hydrogen-bond donors (Lipinski definition) is 1. The van der Waals surface area contributed by atoms with Gasteiger partial charge in [0.15, 0.2) is 11.5 Å². The van der Waals surface area contributed by atoms with Gasteiger partial charge in [-0.3, -0.25) is 29.4 Å². The molecule has 1 N–H and O–H groups in total. The molecule has 4 aromatic rings. The summed E-state index contributed by atoms with van der Waals surface area (Å²) >= 11 is 8.83. The molecule has 2 amide bonds. The minimum Gasteiger partial charge on any atom is -0.493 e. The van der Waals surface area contributed by atoms with Crippen LogP contribution in [0.2, 0.25) is 5.02 Å². The van der Waals surface area contributed by atoms with Crippen molar-refractivity contribution in [1.82, 2.24) is 4.98 Å². The summed E-state index contributed by atoms with van der Waals surface area (Å²) in [5.74, 6) is -0.620. The predicted molar refractivity (Wildman–Crippen MR) is 173 cm³/mol. The van der Waals surface area contributed by atoms with Crippen LogP contribution in [-0.4, -0.2) is 34.1 Å². The zero-order valence-corrected chi connectivity index (χ0v) is 26.6. The molecule has 13 heteroatoms. The first kappa shape index (κ1) is 29.3. The molecule has 8 rings (SSSR count). The van der Waals surface area contributed by atoms with Gasteiger partial charge in [-0.15, -0.1) is 11.8 Å². The van der Waals surface area contributed by atoms with E-state index in [0.29, 0.717) is 28.8 Å². The Hall–Kier alpha value is -4.13. The summed E-state index contributed by atoms with van der Waals surface area (Å²) in [6.45, 7) is 0.329. The van der Waals surface area contributed by atoms with E-state index in [0.717, 1.165) is 27.5 Å². The Morgan fingerprint density at radius 1 is 0.978 bits per heavy atom. The molecule has 234 valence electrons. The molecule has 3 heterocycles. The number of amides is 2. The van der Waals surface area contributed by atoms with Crippen LogP contribution in [-0.2, 0) is 16.2 Å². The number of fused-ring (bicyclic) bond motifs is 9. The Morgan fingerprint density at radius 3 is 2.39 bits per heavy atom. The Kier molecular flexibility index (Phi) is 7.00. The van der Waals surface area contributed by atoms with Gasteiger partial charge >= 0.3 is 4.87 Å². The summed E-state index contributed by atoms with van der Waals surface area (Å²) in [5.41, 5.74) is 2.16. The van der Waals surface area contributed by atoms with Gasteiger partial charge in [0.1, 0.15) is 6.61 Å². The number of nitro benzene ring substituents is 1. The number of nitrogens with one attached hydrogen (secondary N) is 1. The van der Waals surface area contributed by atoms with Crippen LogP contribution in [0.4, 0.5) is 11.4 Å². The van der Waals surface area contributed by atoms with E-state index in [4.69, 9.17) is 21.1 Å². The number of H-pyrrole nitrogens is 1. The number of thiazole rings is 1. The molecule has 0 spiro atoms. The lowest BCUT2D eigenvalue weighted by atomic mass is 9.68. The summed E-state index contributed by atoms with van der Waals surface area (Å²) in [6, 6.07) is 18.8. The Labute approximate surface area is 275 Å². The molecule has 1 saturated heterocycles. The van der Waals surface area contributed by atoms with E-state index in [-0.39, 0.29) is 51.3 Å². The van der Waals surface area contributed by atoms with Gasteiger partial charge in [0.05, 0.1) is 34.6 Å². The average Bonchev–Trinajstić information content (AvgIpc) is 3.79. The number of thioether (sulfide) groups is 1. The number of aromatic amines is 1. The molecule has 7 atom stereocenters.